The van der Waals surface area contributed by atoms with Gasteiger partial charge in [-0.15, -0.1) is 0 Å². The largest absolute Gasteiger partial charge is 0.455 e. The van der Waals surface area contributed by atoms with E-state index in [2.05, 4.69) is 54.0 Å². The second-order valence-electron chi connectivity index (χ2n) is 11.1. The van der Waals surface area contributed by atoms with Crippen LogP contribution in [-0.2, 0) is 20.8 Å². The Hall–Kier alpha value is -1.43. The average Bonchev–Trinajstić information content (AvgIpc) is 3.40. The quantitative estimate of drug-likeness (QED) is 0.548. The van der Waals surface area contributed by atoms with E-state index in [1.54, 1.807) is 0 Å². The molecule has 5 fully saturated rings. The summed E-state index contributed by atoms with van der Waals surface area (Å²) in [4.78, 5) is 18.3. The molecule has 168 valence electrons. The second kappa shape index (κ2) is 7.29. The number of ether oxygens (including phenoxy) is 2. The lowest BCUT2D eigenvalue weighted by atomic mass is 9.55. The molecule has 5 nitrogen and oxygen atoms in total. The van der Waals surface area contributed by atoms with Gasteiger partial charge in [-0.05, 0) is 44.1 Å². The third-order valence-corrected chi connectivity index (χ3v) is 9.26. The number of hydrogen-bond acceptors (Lipinski definition) is 5. The molecule has 3 saturated heterocycles. The van der Waals surface area contributed by atoms with Crippen LogP contribution in [0.2, 0.25) is 0 Å². The van der Waals surface area contributed by atoms with E-state index in [4.69, 9.17) is 9.47 Å². The van der Waals surface area contributed by atoms with E-state index in [-0.39, 0.29) is 29.2 Å². The summed E-state index contributed by atoms with van der Waals surface area (Å²) in [7, 11) is 0. The van der Waals surface area contributed by atoms with E-state index in [0.29, 0.717) is 17.8 Å². The molecule has 0 unspecified atom stereocenters. The summed E-state index contributed by atoms with van der Waals surface area (Å²) in [6.45, 7) is 10.7. The summed E-state index contributed by atoms with van der Waals surface area (Å²) in [6, 6.07) is 10.7. The van der Waals surface area contributed by atoms with E-state index in [1.165, 1.54) is 12.0 Å². The molecule has 3 heterocycles. The fraction of sp³-hybridized carbons (Fsp3) is 0.731. The fourth-order valence-corrected chi connectivity index (χ4v) is 7.51. The molecule has 1 aromatic rings. The predicted octanol–water partition coefficient (Wildman–Crippen LogP) is 3.33. The number of benzene rings is 1. The van der Waals surface area contributed by atoms with Gasteiger partial charge in [0.05, 0.1) is 11.5 Å². The van der Waals surface area contributed by atoms with Gasteiger partial charge in [0.2, 0.25) is 0 Å². The maximum atomic E-state index is 13.2. The highest BCUT2D eigenvalue weighted by Crippen LogP contribution is 2.66. The zero-order valence-corrected chi connectivity index (χ0v) is 19.0. The first-order valence-electron chi connectivity index (χ1n) is 12.4. The molecule has 6 rings (SSSR count). The van der Waals surface area contributed by atoms with Crippen molar-refractivity contribution in [3.63, 3.8) is 0 Å². The van der Waals surface area contributed by atoms with Gasteiger partial charge >= 0.3 is 5.97 Å². The Morgan fingerprint density at radius 3 is 2.52 bits per heavy atom. The highest BCUT2D eigenvalue weighted by Gasteiger charge is 2.77. The maximum absolute atomic E-state index is 13.2. The van der Waals surface area contributed by atoms with Gasteiger partial charge in [-0.2, -0.15) is 0 Å². The van der Waals surface area contributed by atoms with Crippen molar-refractivity contribution < 1.29 is 14.3 Å². The lowest BCUT2D eigenvalue weighted by molar-refractivity contribution is -0.168. The smallest absolute Gasteiger partial charge is 0.311 e. The van der Waals surface area contributed by atoms with Gasteiger partial charge in [0.25, 0.3) is 0 Å². The fourth-order valence-electron chi connectivity index (χ4n) is 7.51. The van der Waals surface area contributed by atoms with Crippen molar-refractivity contribution >= 4 is 5.97 Å². The average molecular weight is 425 g/mol. The van der Waals surface area contributed by atoms with Crippen molar-refractivity contribution in [1.29, 1.82) is 0 Å². The summed E-state index contributed by atoms with van der Waals surface area (Å²) >= 11 is 0. The topological polar surface area (TPSA) is 45.3 Å². The van der Waals surface area contributed by atoms with Crippen molar-refractivity contribution in [2.24, 2.45) is 23.7 Å². The summed E-state index contributed by atoms with van der Waals surface area (Å²) in [6.07, 6.45) is 4.72. The normalized spacial score (nSPS) is 44.8. The van der Waals surface area contributed by atoms with Crippen LogP contribution in [0.4, 0.5) is 0 Å². The molecule has 2 saturated carbocycles. The molecule has 2 aliphatic carbocycles. The molecular weight excluding hydrogens is 388 g/mol. The SMILES string of the molecule is C[C@H]1CC[C@@H]2[C@H](CN3CCN(Cc4ccccc4)CC3)C(=O)O[C@@]23[C@H]1CC[C@]1(C)O[C@@H]31. The Morgan fingerprint density at radius 1 is 1.00 bits per heavy atom. The first-order chi connectivity index (χ1) is 15.0. The Labute approximate surface area is 186 Å². The van der Waals surface area contributed by atoms with Crippen molar-refractivity contribution in [3.05, 3.63) is 35.9 Å². The van der Waals surface area contributed by atoms with Gasteiger partial charge < -0.3 is 9.47 Å². The van der Waals surface area contributed by atoms with Crippen LogP contribution in [0.5, 0.6) is 0 Å². The van der Waals surface area contributed by atoms with Crippen LogP contribution in [-0.4, -0.2) is 65.8 Å². The predicted molar refractivity (Wildman–Crippen MR) is 118 cm³/mol. The van der Waals surface area contributed by atoms with Crippen molar-refractivity contribution in [3.8, 4) is 0 Å². The minimum atomic E-state index is -0.346. The molecule has 0 N–H and O–H groups in total. The summed E-state index contributed by atoms with van der Waals surface area (Å²) in [5, 5.41) is 0. The van der Waals surface area contributed by atoms with E-state index in [9.17, 15) is 4.79 Å². The molecule has 7 atom stereocenters. The lowest BCUT2D eigenvalue weighted by Gasteiger charge is -2.50. The monoisotopic (exact) mass is 424 g/mol. The molecule has 0 amide bonds. The van der Waals surface area contributed by atoms with Gasteiger partial charge in [0.15, 0.2) is 0 Å². The molecular formula is C26H36N2O3. The Morgan fingerprint density at radius 2 is 1.74 bits per heavy atom. The molecule has 5 heteroatoms. The van der Waals surface area contributed by atoms with Crippen molar-refractivity contribution in [2.45, 2.75) is 63.4 Å². The first-order valence-corrected chi connectivity index (χ1v) is 12.4. The van der Waals surface area contributed by atoms with E-state index in [1.807, 2.05) is 0 Å². The number of piperazine rings is 1. The van der Waals surface area contributed by atoms with E-state index in [0.717, 1.165) is 58.5 Å². The molecule has 0 bridgehead atoms. The van der Waals surface area contributed by atoms with Crippen molar-refractivity contribution in [2.75, 3.05) is 32.7 Å². The number of rotatable bonds is 4. The van der Waals surface area contributed by atoms with E-state index < -0.39 is 0 Å². The third-order valence-electron chi connectivity index (χ3n) is 9.26. The van der Waals surface area contributed by atoms with Gasteiger partial charge in [0, 0.05) is 51.1 Å². The number of carbonyl (C=O) groups is 1. The third kappa shape index (κ3) is 3.19. The maximum Gasteiger partial charge on any atom is 0.311 e. The van der Waals surface area contributed by atoms with Crippen LogP contribution >= 0.6 is 0 Å². The number of fused-ring (bicyclic) bond motifs is 1. The molecule has 3 aliphatic heterocycles. The second-order valence-corrected chi connectivity index (χ2v) is 11.1. The zero-order valence-electron chi connectivity index (χ0n) is 19.0. The zero-order chi connectivity index (χ0) is 21.2. The van der Waals surface area contributed by atoms with E-state index >= 15 is 0 Å². The minimum Gasteiger partial charge on any atom is -0.455 e. The molecule has 0 aromatic heterocycles. The van der Waals surface area contributed by atoms with Gasteiger partial charge in [0.1, 0.15) is 11.7 Å². The van der Waals surface area contributed by atoms with Crippen molar-refractivity contribution in [1.82, 2.24) is 9.80 Å². The number of esters is 1. The molecule has 1 aromatic carbocycles. The molecule has 31 heavy (non-hydrogen) atoms. The van der Waals surface area contributed by atoms with Crippen LogP contribution < -0.4 is 0 Å². The molecule has 0 radical (unpaired) electrons. The minimum absolute atomic E-state index is 0.0159. The van der Waals surface area contributed by atoms with Crippen LogP contribution in [0.1, 0.15) is 45.1 Å². The van der Waals surface area contributed by atoms with Gasteiger partial charge in [-0.3, -0.25) is 14.6 Å². The number of epoxide rings is 1. The highest BCUT2D eigenvalue weighted by atomic mass is 16.7. The molecule has 1 spiro atoms. The number of carbonyl (C=O) groups excluding carboxylic acids is 1. The molecule has 5 aliphatic rings. The standard InChI is InChI=1S/C26H36N2O3/c1-18-8-9-22-20(23(29)30-26(22)21(18)10-11-25(2)24(26)31-25)17-28-14-12-27(13-15-28)16-19-6-4-3-5-7-19/h3-7,18,20-22,24H,8-17H2,1-2H3/t18-,20-,21-,22+,24+,25-,26-/m0/s1. The van der Waals surface area contributed by atoms with Crippen LogP contribution in [0.15, 0.2) is 30.3 Å². The Bertz CT molecular complexity index is 838. The number of hydrogen-bond donors (Lipinski definition) is 0. The lowest BCUT2D eigenvalue weighted by Crippen LogP contribution is -2.58. The Balaban J connectivity index is 1.13. The van der Waals surface area contributed by atoms with Crippen LogP contribution in [0.25, 0.3) is 0 Å². The first kappa shape index (κ1) is 20.2. The summed E-state index contributed by atoms with van der Waals surface area (Å²) in [5.74, 6) is 1.50. The summed E-state index contributed by atoms with van der Waals surface area (Å²) < 4.78 is 12.6. The van der Waals surface area contributed by atoms with Gasteiger partial charge in [-0.25, -0.2) is 0 Å². The Kier molecular flexibility index (Phi) is 4.75. The van der Waals surface area contributed by atoms with Gasteiger partial charge in [-0.1, -0.05) is 37.3 Å². The number of nitrogens with zero attached hydrogens (tertiary/aromatic N) is 2. The van der Waals surface area contributed by atoms with Crippen LogP contribution in [0, 0.1) is 23.7 Å². The highest BCUT2D eigenvalue weighted by molar-refractivity contribution is 5.77. The summed E-state index contributed by atoms with van der Waals surface area (Å²) in [5.41, 5.74) is 0.982. The van der Waals surface area contributed by atoms with Crippen LogP contribution in [0.3, 0.4) is 0 Å².